The monoisotopic (exact) mass is 335 g/mol. The van der Waals surface area contributed by atoms with Gasteiger partial charge in [0.05, 0.1) is 23.2 Å². The molecule has 1 saturated carbocycles. The van der Waals surface area contributed by atoms with Gasteiger partial charge in [-0.2, -0.15) is 0 Å². The molecule has 0 unspecified atom stereocenters. The van der Waals surface area contributed by atoms with Crippen molar-refractivity contribution in [2.45, 2.75) is 18.3 Å². The van der Waals surface area contributed by atoms with Crippen LogP contribution in [-0.4, -0.2) is 13.0 Å². The average Bonchev–Trinajstić information content (AvgIpc) is 3.30. The Balaban J connectivity index is 1.86. The minimum absolute atomic E-state index is 0.0459. The summed E-state index contributed by atoms with van der Waals surface area (Å²) in [5, 5.41) is 4.07. The molecule has 2 aromatic carbocycles. The predicted octanol–water partition coefficient (Wildman–Crippen LogP) is 4.67. The maximum absolute atomic E-state index is 12.7. The van der Waals surface area contributed by atoms with Crippen LogP contribution in [-0.2, 0) is 10.2 Å². The standard InChI is InChI=1S/C17H15Cl2NO2/c1-22-15-13(19)3-2-4-14(15)20-16(21)17(9-10-17)11-5-7-12(18)8-6-11/h2-8H,9-10H2,1H3,(H,20,21). The molecule has 3 nitrogen and oxygen atoms in total. The molecule has 0 spiro atoms. The summed E-state index contributed by atoms with van der Waals surface area (Å²) in [4.78, 5) is 12.7. The lowest BCUT2D eigenvalue weighted by Crippen LogP contribution is -2.28. The van der Waals surface area contributed by atoms with Gasteiger partial charge >= 0.3 is 0 Å². The van der Waals surface area contributed by atoms with E-state index in [0.29, 0.717) is 21.5 Å². The molecule has 0 aromatic heterocycles. The second-order valence-corrected chi connectivity index (χ2v) is 6.21. The summed E-state index contributed by atoms with van der Waals surface area (Å²) >= 11 is 12.0. The first-order valence-corrected chi connectivity index (χ1v) is 7.72. The molecule has 0 heterocycles. The van der Waals surface area contributed by atoms with Crippen LogP contribution in [0.4, 0.5) is 5.69 Å². The normalized spacial score (nSPS) is 15.2. The van der Waals surface area contributed by atoms with Crippen molar-refractivity contribution in [3.63, 3.8) is 0 Å². The van der Waals surface area contributed by atoms with Crippen molar-refractivity contribution in [1.29, 1.82) is 0 Å². The molecule has 1 aliphatic rings. The van der Waals surface area contributed by atoms with Gasteiger partial charge in [-0.3, -0.25) is 4.79 Å². The SMILES string of the molecule is COc1c(Cl)cccc1NC(=O)C1(c2ccc(Cl)cc2)CC1. The fourth-order valence-corrected chi connectivity index (χ4v) is 2.98. The third kappa shape index (κ3) is 2.67. The van der Waals surface area contributed by atoms with E-state index in [-0.39, 0.29) is 5.91 Å². The molecule has 2 aromatic rings. The number of methoxy groups -OCH3 is 1. The van der Waals surface area contributed by atoms with Gasteiger partial charge in [-0.15, -0.1) is 0 Å². The first-order chi connectivity index (χ1) is 10.6. The van der Waals surface area contributed by atoms with Crippen molar-refractivity contribution < 1.29 is 9.53 Å². The number of ether oxygens (including phenoxy) is 1. The number of anilines is 1. The molecule has 0 bridgehead atoms. The third-order valence-electron chi connectivity index (χ3n) is 4.00. The summed E-state index contributed by atoms with van der Waals surface area (Å²) in [6, 6.07) is 12.7. The van der Waals surface area contributed by atoms with Crippen LogP contribution in [0.2, 0.25) is 10.0 Å². The number of amides is 1. The fraction of sp³-hybridized carbons (Fsp3) is 0.235. The summed E-state index contributed by atoms with van der Waals surface area (Å²) < 4.78 is 5.27. The Hall–Kier alpha value is -1.71. The van der Waals surface area contributed by atoms with Gasteiger partial charge in [0.2, 0.25) is 5.91 Å². The molecule has 0 saturated heterocycles. The zero-order chi connectivity index (χ0) is 15.7. The lowest BCUT2D eigenvalue weighted by Gasteiger charge is -2.17. The zero-order valence-electron chi connectivity index (χ0n) is 12.0. The Kier molecular flexibility index (Phi) is 4.02. The van der Waals surface area contributed by atoms with Gasteiger partial charge < -0.3 is 10.1 Å². The Bertz CT molecular complexity index is 709. The number of carbonyl (C=O) groups excluding carboxylic acids is 1. The first kappa shape index (κ1) is 15.2. The molecule has 1 N–H and O–H groups in total. The highest BCUT2D eigenvalue weighted by molar-refractivity contribution is 6.32. The lowest BCUT2D eigenvalue weighted by molar-refractivity contribution is -0.118. The molecule has 22 heavy (non-hydrogen) atoms. The van der Waals surface area contributed by atoms with Crippen LogP contribution in [0.1, 0.15) is 18.4 Å². The number of hydrogen-bond acceptors (Lipinski definition) is 2. The van der Waals surface area contributed by atoms with E-state index in [1.54, 1.807) is 18.2 Å². The molecule has 5 heteroatoms. The number of hydrogen-bond donors (Lipinski definition) is 1. The van der Waals surface area contributed by atoms with Crippen LogP contribution in [0.25, 0.3) is 0 Å². The van der Waals surface area contributed by atoms with E-state index in [1.807, 2.05) is 24.3 Å². The maximum Gasteiger partial charge on any atom is 0.235 e. The molecular formula is C17H15Cl2NO2. The Morgan fingerprint density at radius 1 is 1.14 bits per heavy atom. The van der Waals surface area contributed by atoms with Crippen LogP contribution in [0, 0.1) is 0 Å². The molecule has 3 rings (SSSR count). The van der Waals surface area contributed by atoms with E-state index in [9.17, 15) is 4.79 Å². The van der Waals surface area contributed by atoms with Gasteiger partial charge in [-0.25, -0.2) is 0 Å². The summed E-state index contributed by atoms with van der Waals surface area (Å²) in [5.41, 5.74) is 1.09. The molecule has 1 fully saturated rings. The van der Waals surface area contributed by atoms with Crippen LogP contribution in [0.5, 0.6) is 5.75 Å². The van der Waals surface area contributed by atoms with Crippen LogP contribution in [0.15, 0.2) is 42.5 Å². The molecule has 1 aliphatic carbocycles. The largest absolute Gasteiger partial charge is 0.493 e. The van der Waals surface area contributed by atoms with E-state index in [2.05, 4.69) is 5.32 Å². The van der Waals surface area contributed by atoms with E-state index < -0.39 is 5.41 Å². The summed E-state index contributed by atoms with van der Waals surface area (Å²) in [6.45, 7) is 0. The van der Waals surface area contributed by atoms with Gasteiger partial charge in [-0.1, -0.05) is 41.4 Å². The van der Waals surface area contributed by atoms with Crippen LogP contribution in [0.3, 0.4) is 0 Å². The molecule has 1 amide bonds. The van der Waals surface area contributed by atoms with Crippen LogP contribution < -0.4 is 10.1 Å². The van der Waals surface area contributed by atoms with Crippen LogP contribution >= 0.6 is 23.2 Å². The van der Waals surface area contributed by atoms with Gasteiger partial charge in [0.25, 0.3) is 0 Å². The minimum Gasteiger partial charge on any atom is -0.493 e. The quantitative estimate of drug-likeness (QED) is 0.881. The van der Waals surface area contributed by atoms with E-state index in [4.69, 9.17) is 27.9 Å². The Labute approximate surface area is 139 Å². The molecule has 0 radical (unpaired) electrons. The van der Waals surface area contributed by atoms with Gasteiger partial charge in [0.1, 0.15) is 0 Å². The number of benzene rings is 2. The maximum atomic E-state index is 12.7. The highest BCUT2D eigenvalue weighted by atomic mass is 35.5. The van der Waals surface area contributed by atoms with Crippen molar-refractivity contribution >= 4 is 34.8 Å². The molecule has 114 valence electrons. The molecular weight excluding hydrogens is 321 g/mol. The van der Waals surface area contributed by atoms with E-state index >= 15 is 0 Å². The smallest absolute Gasteiger partial charge is 0.235 e. The number of carbonyl (C=O) groups is 1. The van der Waals surface area contributed by atoms with Crippen molar-refractivity contribution in [3.05, 3.63) is 58.1 Å². The third-order valence-corrected chi connectivity index (χ3v) is 4.55. The molecule has 0 atom stereocenters. The van der Waals surface area contributed by atoms with Crippen molar-refractivity contribution in [2.75, 3.05) is 12.4 Å². The van der Waals surface area contributed by atoms with Gasteiger partial charge in [0, 0.05) is 5.02 Å². The highest BCUT2D eigenvalue weighted by Crippen LogP contribution is 2.49. The second kappa shape index (κ2) is 5.82. The Morgan fingerprint density at radius 3 is 2.41 bits per heavy atom. The molecule has 0 aliphatic heterocycles. The summed E-state index contributed by atoms with van der Waals surface area (Å²) in [5.74, 6) is 0.430. The summed E-state index contributed by atoms with van der Waals surface area (Å²) in [7, 11) is 1.53. The Morgan fingerprint density at radius 2 is 1.82 bits per heavy atom. The van der Waals surface area contributed by atoms with E-state index in [0.717, 1.165) is 18.4 Å². The minimum atomic E-state index is -0.474. The van der Waals surface area contributed by atoms with Crippen molar-refractivity contribution in [3.8, 4) is 5.75 Å². The number of para-hydroxylation sites is 1. The predicted molar refractivity (Wildman–Crippen MR) is 89.0 cm³/mol. The number of rotatable bonds is 4. The van der Waals surface area contributed by atoms with Gasteiger partial charge in [0.15, 0.2) is 5.75 Å². The van der Waals surface area contributed by atoms with Crippen molar-refractivity contribution in [1.82, 2.24) is 0 Å². The lowest BCUT2D eigenvalue weighted by atomic mass is 9.95. The first-order valence-electron chi connectivity index (χ1n) is 6.97. The highest BCUT2D eigenvalue weighted by Gasteiger charge is 2.51. The summed E-state index contributed by atoms with van der Waals surface area (Å²) in [6.07, 6.45) is 1.65. The topological polar surface area (TPSA) is 38.3 Å². The average molecular weight is 336 g/mol. The second-order valence-electron chi connectivity index (χ2n) is 5.36. The fourth-order valence-electron chi connectivity index (χ4n) is 2.60. The number of halogens is 2. The van der Waals surface area contributed by atoms with Gasteiger partial charge in [-0.05, 0) is 42.7 Å². The number of nitrogens with one attached hydrogen (secondary N) is 1. The zero-order valence-corrected chi connectivity index (χ0v) is 13.5. The van der Waals surface area contributed by atoms with Crippen molar-refractivity contribution in [2.24, 2.45) is 0 Å². The van der Waals surface area contributed by atoms with E-state index in [1.165, 1.54) is 7.11 Å².